The molecule has 2 atom stereocenters. The Morgan fingerprint density at radius 3 is 2.80 bits per heavy atom. The van der Waals surface area contributed by atoms with Gasteiger partial charge in [-0.1, -0.05) is 29.0 Å². The quantitative estimate of drug-likeness (QED) is 0.473. The molecule has 1 aliphatic heterocycles. The summed E-state index contributed by atoms with van der Waals surface area (Å²) in [4.78, 5) is 2.48. The van der Waals surface area contributed by atoms with Crippen LogP contribution in [0.2, 0.25) is 0 Å². The summed E-state index contributed by atoms with van der Waals surface area (Å²) < 4.78 is 0.866. The van der Waals surface area contributed by atoms with Crippen molar-refractivity contribution in [2.75, 3.05) is 13.6 Å². The third-order valence-corrected chi connectivity index (χ3v) is 4.12. The number of likely N-dealkylation sites (tertiary alicyclic amines) is 1. The smallest absolute Gasteiger partial charge is 0.0263 e. The van der Waals surface area contributed by atoms with Gasteiger partial charge in [-0.2, -0.15) is 0 Å². The van der Waals surface area contributed by atoms with Crippen molar-refractivity contribution in [2.45, 2.75) is 36.2 Å². The number of nitrogens with zero attached hydrogens (tertiary/aromatic N) is 1. The Balaban J connectivity index is 2.46. The molecule has 60 valence electrons. The fourth-order valence-electron chi connectivity index (χ4n) is 1.42. The molecule has 0 amide bonds. The lowest BCUT2D eigenvalue weighted by Gasteiger charge is -2.24. The molecule has 1 saturated heterocycles. The van der Waals surface area contributed by atoms with Gasteiger partial charge in [0.15, 0.2) is 0 Å². The highest BCUT2D eigenvalue weighted by Crippen LogP contribution is 2.21. The summed E-state index contributed by atoms with van der Waals surface area (Å²) in [7, 11) is 2.24. The summed E-state index contributed by atoms with van der Waals surface area (Å²) in [5.74, 6) is 0. The van der Waals surface area contributed by atoms with Gasteiger partial charge in [0.05, 0.1) is 0 Å². The minimum Gasteiger partial charge on any atom is -0.303 e. The normalized spacial score (nSPS) is 37.5. The molecule has 1 fully saturated rings. The molecule has 0 aromatic rings. The Bertz CT molecular complexity index is 93.4. The van der Waals surface area contributed by atoms with E-state index in [1.165, 1.54) is 25.8 Å². The fourth-order valence-corrected chi connectivity index (χ4v) is 2.41. The molecule has 0 N–H and O–H groups in total. The minimum absolute atomic E-state index is 0.781. The van der Waals surface area contributed by atoms with Crippen LogP contribution in [0.5, 0.6) is 0 Å². The second kappa shape index (κ2) is 3.90. The van der Waals surface area contributed by atoms with Crippen molar-refractivity contribution in [1.29, 1.82) is 0 Å². The molecule has 0 aromatic heterocycles. The molecule has 1 nitrogen and oxygen atoms in total. The van der Waals surface area contributed by atoms with Crippen molar-refractivity contribution in [1.82, 2.24) is 4.90 Å². The van der Waals surface area contributed by atoms with Crippen molar-refractivity contribution >= 4 is 22.6 Å². The van der Waals surface area contributed by atoms with Gasteiger partial charge in [0.2, 0.25) is 0 Å². The van der Waals surface area contributed by atoms with Crippen molar-refractivity contribution in [3.05, 3.63) is 0 Å². The first-order valence-corrected chi connectivity index (χ1v) is 5.30. The first-order chi connectivity index (χ1) is 4.72. The molecule has 1 rings (SSSR count). The van der Waals surface area contributed by atoms with Crippen LogP contribution in [-0.4, -0.2) is 28.5 Å². The summed E-state index contributed by atoms with van der Waals surface area (Å²) >= 11 is 2.58. The van der Waals surface area contributed by atoms with Crippen molar-refractivity contribution in [3.8, 4) is 0 Å². The number of halogens is 1. The molecule has 10 heavy (non-hydrogen) atoms. The van der Waals surface area contributed by atoms with E-state index in [1.54, 1.807) is 0 Å². The maximum Gasteiger partial charge on any atom is 0.0263 e. The van der Waals surface area contributed by atoms with Gasteiger partial charge in [-0.25, -0.2) is 0 Å². The van der Waals surface area contributed by atoms with E-state index in [-0.39, 0.29) is 0 Å². The van der Waals surface area contributed by atoms with Gasteiger partial charge in [0.1, 0.15) is 0 Å². The lowest BCUT2D eigenvalue weighted by molar-refractivity contribution is 0.273. The Morgan fingerprint density at radius 2 is 2.10 bits per heavy atom. The zero-order valence-electron chi connectivity index (χ0n) is 6.81. The van der Waals surface area contributed by atoms with Crippen LogP contribution in [0.1, 0.15) is 26.2 Å². The second-order valence-corrected chi connectivity index (χ2v) is 4.83. The summed E-state index contributed by atoms with van der Waals surface area (Å²) in [5.41, 5.74) is 0. The molecule has 1 heterocycles. The van der Waals surface area contributed by atoms with E-state index in [0.717, 1.165) is 9.97 Å². The number of alkyl halides is 1. The summed E-state index contributed by atoms with van der Waals surface area (Å²) in [6.45, 7) is 3.63. The van der Waals surface area contributed by atoms with Crippen molar-refractivity contribution in [2.24, 2.45) is 0 Å². The fraction of sp³-hybridized carbons (Fsp3) is 1.00. The van der Waals surface area contributed by atoms with E-state index >= 15 is 0 Å². The lowest BCUT2D eigenvalue weighted by atomic mass is 10.1. The number of rotatable bonds is 0. The van der Waals surface area contributed by atoms with Gasteiger partial charge in [-0.15, -0.1) is 0 Å². The maximum atomic E-state index is 2.58. The Morgan fingerprint density at radius 1 is 1.40 bits per heavy atom. The maximum absolute atomic E-state index is 2.58. The average molecular weight is 253 g/mol. The van der Waals surface area contributed by atoms with E-state index < -0.39 is 0 Å². The van der Waals surface area contributed by atoms with Crippen LogP contribution in [0.25, 0.3) is 0 Å². The van der Waals surface area contributed by atoms with E-state index in [1.807, 2.05) is 0 Å². The molecule has 0 radical (unpaired) electrons. The van der Waals surface area contributed by atoms with Crippen LogP contribution in [-0.2, 0) is 0 Å². The second-order valence-electron chi connectivity index (χ2n) is 3.23. The molecular weight excluding hydrogens is 237 g/mol. The highest BCUT2D eigenvalue weighted by atomic mass is 127. The van der Waals surface area contributed by atoms with E-state index in [2.05, 4.69) is 41.5 Å². The molecule has 0 saturated carbocycles. The standard InChI is InChI=1S/C8H16IN/c1-7-8(9)5-3-4-6-10(7)2/h7-8H,3-6H2,1-2H3/t7-,8+/m0/s1. The van der Waals surface area contributed by atoms with Crippen LogP contribution in [0.15, 0.2) is 0 Å². The molecule has 0 aromatic carbocycles. The average Bonchev–Trinajstić information content (AvgIpc) is 2.04. The third-order valence-electron chi connectivity index (χ3n) is 2.46. The molecular formula is C8H16IN. The minimum atomic E-state index is 0.781. The van der Waals surface area contributed by atoms with Gasteiger partial charge in [0, 0.05) is 9.97 Å². The van der Waals surface area contributed by atoms with Gasteiger partial charge in [-0.05, 0) is 33.4 Å². The van der Waals surface area contributed by atoms with E-state index in [9.17, 15) is 0 Å². The molecule has 2 heteroatoms. The van der Waals surface area contributed by atoms with E-state index in [0.29, 0.717) is 0 Å². The highest BCUT2D eigenvalue weighted by Gasteiger charge is 2.20. The van der Waals surface area contributed by atoms with Crippen molar-refractivity contribution < 1.29 is 0 Å². The first-order valence-electron chi connectivity index (χ1n) is 4.06. The summed E-state index contributed by atoms with van der Waals surface area (Å²) in [6, 6.07) is 0.781. The predicted octanol–water partition coefficient (Wildman–Crippen LogP) is 2.29. The van der Waals surface area contributed by atoms with Gasteiger partial charge < -0.3 is 4.90 Å². The first kappa shape index (κ1) is 8.78. The zero-order chi connectivity index (χ0) is 7.56. The zero-order valence-corrected chi connectivity index (χ0v) is 8.97. The predicted molar refractivity (Wildman–Crippen MR) is 53.8 cm³/mol. The number of hydrogen-bond acceptors (Lipinski definition) is 1. The molecule has 0 spiro atoms. The van der Waals surface area contributed by atoms with Crippen LogP contribution >= 0.6 is 22.6 Å². The van der Waals surface area contributed by atoms with Gasteiger partial charge >= 0.3 is 0 Å². The van der Waals surface area contributed by atoms with Gasteiger partial charge in [-0.3, -0.25) is 0 Å². The molecule has 0 unspecified atom stereocenters. The monoisotopic (exact) mass is 253 g/mol. The van der Waals surface area contributed by atoms with E-state index in [4.69, 9.17) is 0 Å². The van der Waals surface area contributed by atoms with Gasteiger partial charge in [0.25, 0.3) is 0 Å². The SMILES string of the molecule is C[C@H]1[C@H](I)CCCCN1C. The van der Waals surface area contributed by atoms with Crippen LogP contribution in [0.3, 0.4) is 0 Å². The highest BCUT2D eigenvalue weighted by molar-refractivity contribution is 14.1. The van der Waals surface area contributed by atoms with Crippen LogP contribution in [0.4, 0.5) is 0 Å². The summed E-state index contributed by atoms with van der Waals surface area (Å²) in [6.07, 6.45) is 4.22. The summed E-state index contributed by atoms with van der Waals surface area (Å²) in [5, 5.41) is 0. The Labute approximate surface area is 77.3 Å². The molecule has 0 bridgehead atoms. The Hall–Kier alpha value is 0.690. The topological polar surface area (TPSA) is 3.24 Å². The number of hydrogen-bond donors (Lipinski definition) is 0. The van der Waals surface area contributed by atoms with Crippen molar-refractivity contribution in [3.63, 3.8) is 0 Å². The Kier molecular flexibility index (Phi) is 3.43. The van der Waals surface area contributed by atoms with Crippen LogP contribution < -0.4 is 0 Å². The third kappa shape index (κ3) is 2.09. The molecule has 1 aliphatic rings. The van der Waals surface area contributed by atoms with Crippen LogP contribution in [0, 0.1) is 0 Å². The largest absolute Gasteiger partial charge is 0.303 e. The molecule has 0 aliphatic carbocycles. The lowest BCUT2D eigenvalue weighted by Crippen LogP contribution is -2.34.